The first-order valence-electron chi connectivity index (χ1n) is 15.2. The van der Waals surface area contributed by atoms with Crippen LogP contribution in [0.4, 0.5) is 0 Å². The molecule has 0 radical (unpaired) electrons. The predicted molar refractivity (Wildman–Crippen MR) is 177 cm³/mol. The second-order valence-corrected chi connectivity index (χ2v) is 11.2. The lowest BCUT2D eigenvalue weighted by Gasteiger charge is -2.18. The Bertz CT molecular complexity index is 1810. The lowest BCUT2D eigenvalue weighted by molar-refractivity contribution is -0.121. The highest BCUT2D eigenvalue weighted by atomic mass is 16.5. The average molecular weight is 580 g/mol. The summed E-state index contributed by atoms with van der Waals surface area (Å²) in [6.07, 6.45) is 5.03. The Morgan fingerprint density at radius 1 is 0.841 bits per heavy atom. The van der Waals surface area contributed by atoms with E-state index < -0.39 is 0 Å². The molecule has 0 bridgehead atoms. The zero-order valence-electron chi connectivity index (χ0n) is 25.0. The van der Waals surface area contributed by atoms with E-state index in [2.05, 4.69) is 101 Å². The van der Waals surface area contributed by atoms with Gasteiger partial charge in [0, 0.05) is 60.8 Å². The van der Waals surface area contributed by atoms with Gasteiger partial charge in [-0.15, -0.1) is 0 Å². The summed E-state index contributed by atoms with van der Waals surface area (Å²) in [4.78, 5) is 17.9. The van der Waals surface area contributed by atoms with E-state index in [4.69, 9.17) is 4.74 Å². The fraction of sp³-hybridized carbons (Fsp3) is 0.179. The summed E-state index contributed by atoms with van der Waals surface area (Å²) in [5.74, 6) is 0.640. The van der Waals surface area contributed by atoms with Crippen LogP contribution in [0.3, 0.4) is 0 Å². The predicted octanol–water partition coefficient (Wildman–Crippen LogP) is 7.85. The van der Waals surface area contributed by atoms with E-state index in [-0.39, 0.29) is 11.8 Å². The zero-order valence-corrected chi connectivity index (χ0v) is 25.0. The van der Waals surface area contributed by atoms with Crippen LogP contribution < -0.4 is 10.1 Å². The quantitative estimate of drug-likeness (QED) is 0.161. The van der Waals surface area contributed by atoms with Gasteiger partial charge in [-0.25, -0.2) is 0 Å². The molecule has 0 aliphatic carbocycles. The standard InChI is InChI=1S/C39H37N3O2/c1-29-17-19-30(20-18-29)26-42-27-37(35-15-5-6-16-38(35)42)36(25-39(43)41-23-21-33-13-7-8-22-40-33)32-12-9-14-34(24-32)44-28-31-10-3-2-4-11-31/h2-20,22,24,27,36H,21,23,25-26,28H2,1H3,(H,41,43). The first-order valence-corrected chi connectivity index (χ1v) is 15.2. The molecule has 4 aromatic carbocycles. The Hall–Kier alpha value is -5.16. The number of amides is 1. The summed E-state index contributed by atoms with van der Waals surface area (Å²) in [6.45, 7) is 3.89. The van der Waals surface area contributed by atoms with Crippen LogP contribution >= 0.6 is 0 Å². The largest absolute Gasteiger partial charge is 0.489 e. The number of pyridine rings is 1. The Balaban J connectivity index is 1.30. The summed E-state index contributed by atoms with van der Waals surface area (Å²) in [7, 11) is 0. The van der Waals surface area contributed by atoms with Crippen LogP contribution in [-0.4, -0.2) is 22.0 Å². The minimum atomic E-state index is -0.158. The molecule has 6 aromatic rings. The lowest BCUT2D eigenvalue weighted by Crippen LogP contribution is -2.27. The molecule has 0 saturated carbocycles. The molecule has 44 heavy (non-hydrogen) atoms. The maximum absolute atomic E-state index is 13.5. The van der Waals surface area contributed by atoms with E-state index >= 15 is 0 Å². The van der Waals surface area contributed by atoms with Crippen molar-refractivity contribution in [1.29, 1.82) is 0 Å². The molecule has 5 heteroatoms. The zero-order chi connectivity index (χ0) is 30.1. The third-order valence-electron chi connectivity index (χ3n) is 8.00. The number of benzene rings is 4. The van der Waals surface area contributed by atoms with Gasteiger partial charge in [0.1, 0.15) is 12.4 Å². The summed E-state index contributed by atoms with van der Waals surface area (Å²) in [5.41, 5.74) is 7.90. The van der Waals surface area contributed by atoms with Crippen LogP contribution in [0.1, 0.15) is 45.8 Å². The van der Waals surface area contributed by atoms with Crippen LogP contribution in [0, 0.1) is 6.92 Å². The van der Waals surface area contributed by atoms with Crippen molar-refractivity contribution in [2.24, 2.45) is 0 Å². The van der Waals surface area contributed by atoms with Gasteiger partial charge in [0.05, 0.1) is 0 Å². The summed E-state index contributed by atoms with van der Waals surface area (Å²) < 4.78 is 8.51. The summed E-state index contributed by atoms with van der Waals surface area (Å²) in [6, 6.07) is 41.4. The van der Waals surface area contributed by atoms with Crippen LogP contribution in [0.25, 0.3) is 10.9 Å². The van der Waals surface area contributed by atoms with E-state index in [9.17, 15) is 4.79 Å². The van der Waals surface area contributed by atoms with Crippen LogP contribution in [0.15, 0.2) is 134 Å². The van der Waals surface area contributed by atoms with E-state index in [1.807, 2.05) is 48.5 Å². The first kappa shape index (κ1) is 28.9. The fourth-order valence-electron chi connectivity index (χ4n) is 5.68. The molecule has 1 N–H and O–H groups in total. The number of carbonyl (C=O) groups excluding carboxylic acids is 1. The monoisotopic (exact) mass is 579 g/mol. The van der Waals surface area contributed by atoms with E-state index in [0.29, 0.717) is 26.0 Å². The van der Waals surface area contributed by atoms with Crippen molar-refractivity contribution in [2.75, 3.05) is 6.54 Å². The highest BCUT2D eigenvalue weighted by Gasteiger charge is 2.23. The topological polar surface area (TPSA) is 56.2 Å². The van der Waals surface area contributed by atoms with Crippen molar-refractivity contribution in [3.05, 3.63) is 167 Å². The maximum Gasteiger partial charge on any atom is 0.220 e. The lowest BCUT2D eigenvalue weighted by atomic mass is 9.88. The summed E-state index contributed by atoms with van der Waals surface area (Å²) >= 11 is 0. The highest BCUT2D eigenvalue weighted by molar-refractivity contribution is 5.87. The number of hydrogen-bond donors (Lipinski definition) is 1. The van der Waals surface area contributed by atoms with Crippen LogP contribution in [-0.2, 0) is 24.4 Å². The SMILES string of the molecule is Cc1ccc(Cn2cc(C(CC(=O)NCCc3ccccn3)c3cccc(OCc4ccccc4)c3)c3ccccc32)cc1. The van der Waals surface area contributed by atoms with Gasteiger partial charge in [-0.1, -0.05) is 96.6 Å². The second kappa shape index (κ2) is 13.9. The number of carbonyl (C=O) groups is 1. The molecular formula is C39H37N3O2. The Morgan fingerprint density at radius 3 is 2.45 bits per heavy atom. The molecule has 0 saturated heterocycles. The third-order valence-corrected chi connectivity index (χ3v) is 8.00. The summed E-state index contributed by atoms with van der Waals surface area (Å²) in [5, 5.41) is 4.30. The van der Waals surface area contributed by atoms with E-state index in [1.54, 1.807) is 6.20 Å². The molecule has 0 fully saturated rings. The number of ether oxygens (including phenoxy) is 1. The number of para-hydroxylation sites is 1. The van der Waals surface area contributed by atoms with Crippen LogP contribution in [0.5, 0.6) is 5.75 Å². The molecular weight excluding hydrogens is 542 g/mol. The van der Waals surface area contributed by atoms with Gasteiger partial charge in [0.15, 0.2) is 0 Å². The number of nitrogens with zero attached hydrogens (tertiary/aromatic N) is 2. The molecule has 5 nitrogen and oxygen atoms in total. The second-order valence-electron chi connectivity index (χ2n) is 11.2. The molecule has 1 unspecified atom stereocenters. The number of aromatic nitrogens is 2. The number of aryl methyl sites for hydroxylation is 1. The minimum absolute atomic E-state index is 0.0110. The van der Waals surface area contributed by atoms with Gasteiger partial charge >= 0.3 is 0 Å². The highest BCUT2D eigenvalue weighted by Crippen LogP contribution is 2.36. The van der Waals surface area contributed by atoms with E-state index in [0.717, 1.165) is 45.6 Å². The molecule has 2 aromatic heterocycles. The molecule has 1 amide bonds. The fourth-order valence-corrected chi connectivity index (χ4v) is 5.68. The van der Waals surface area contributed by atoms with E-state index in [1.165, 1.54) is 11.1 Å². The number of nitrogens with one attached hydrogen (secondary N) is 1. The van der Waals surface area contributed by atoms with Crippen molar-refractivity contribution in [1.82, 2.24) is 14.9 Å². The minimum Gasteiger partial charge on any atom is -0.489 e. The van der Waals surface area contributed by atoms with Crippen molar-refractivity contribution in [3.8, 4) is 5.75 Å². The molecule has 1 atom stereocenters. The Kier molecular flexibility index (Phi) is 9.12. The molecule has 0 aliphatic rings. The number of rotatable bonds is 12. The maximum atomic E-state index is 13.5. The van der Waals surface area contributed by atoms with Crippen molar-refractivity contribution < 1.29 is 9.53 Å². The third kappa shape index (κ3) is 7.24. The van der Waals surface area contributed by atoms with Gasteiger partial charge in [-0.2, -0.15) is 0 Å². The van der Waals surface area contributed by atoms with Crippen molar-refractivity contribution in [2.45, 2.75) is 38.8 Å². The number of fused-ring (bicyclic) bond motifs is 1. The molecule has 0 aliphatic heterocycles. The van der Waals surface area contributed by atoms with Crippen molar-refractivity contribution >= 4 is 16.8 Å². The van der Waals surface area contributed by atoms with Crippen LogP contribution in [0.2, 0.25) is 0 Å². The molecule has 220 valence electrons. The normalized spacial score (nSPS) is 11.8. The smallest absolute Gasteiger partial charge is 0.220 e. The molecule has 0 spiro atoms. The molecule has 2 heterocycles. The number of hydrogen-bond acceptors (Lipinski definition) is 3. The van der Waals surface area contributed by atoms with Gasteiger partial charge in [0.2, 0.25) is 5.91 Å². The van der Waals surface area contributed by atoms with Gasteiger partial charge in [-0.05, 0) is 59.5 Å². The first-order chi connectivity index (χ1) is 21.6. The molecule has 6 rings (SSSR count). The average Bonchev–Trinajstić information content (AvgIpc) is 3.42. The van der Waals surface area contributed by atoms with Crippen molar-refractivity contribution in [3.63, 3.8) is 0 Å². The van der Waals surface area contributed by atoms with Gasteiger partial charge < -0.3 is 14.6 Å². The Labute approximate surface area is 259 Å². The van der Waals surface area contributed by atoms with Gasteiger partial charge in [-0.3, -0.25) is 9.78 Å². The Morgan fingerprint density at radius 2 is 1.64 bits per heavy atom. The van der Waals surface area contributed by atoms with Gasteiger partial charge in [0.25, 0.3) is 0 Å².